The molecule has 1 aliphatic heterocycles. The van der Waals surface area contributed by atoms with Crippen LogP contribution in [0.5, 0.6) is 5.75 Å². The number of carbonyl (C=O) groups excluding carboxylic acids is 1. The van der Waals surface area contributed by atoms with Gasteiger partial charge >= 0.3 is 5.97 Å². The van der Waals surface area contributed by atoms with E-state index in [4.69, 9.17) is 4.74 Å². The van der Waals surface area contributed by atoms with Crippen LogP contribution in [0.2, 0.25) is 0 Å². The lowest BCUT2D eigenvalue weighted by atomic mass is 9.97. The molecule has 1 unspecified atom stereocenters. The average molecular weight is 386 g/mol. The first-order chi connectivity index (χ1) is 13.6. The fourth-order valence-electron chi connectivity index (χ4n) is 3.55. The summed E-state index contributed by atoms with van der Waals surface area (Å²) in [5.41, 5.74) is 1.41. The van der Waals surface area contributed by atoms with Crippen LogP contribution in [0.15, 0.2) is 30.5 Å². The Morgan fingerprint density at radius 2 is 2.29 bits per heavy atom. The van der Waals surface area contributed by atoms with Gasteiger partial charge in [-0.3, -0.25) is 14.8 Å². The SMILES string of the molecule is CCOc1cccc(C(=O)NCC2CCCN(Cc3cn[nH]c3C(=O)O)C2)c1. The molecule has 0 saturated carbocycles. The molecule has 1 amide bonds. The Morgan fingerprint density at radius 3 is 3.07 bits per heavy atom. The minimum Gasteiger partial charge on any atom is -0.494 e. The molecule has 0 aliphatic carbocycles. The molecular formula is C20H26N4O4. The molecule has 2 heterocycles. The van der Waals surface area contributed by atoms with Gasteiger partial charge in [0.2, 0.25) is 0 Å². The number of carboxylic acids is 1. The van der Waals surface area contributed by atoms with Gasteiger partial charge in [0.15, 0.2) is 0 Å². The van der Waals surface area contributed by atoms with E-state index in [0.29, 0.717) is 42.5 Å². The number of aromatic nitrogens is 2. The number of ether oxygens (including phenoxy) is 1. The third-order valence-electron chi connectivity index (χ3n) is 4.89. The Hall–Kier alpha value is -2.87. The van der Waals surface area contributed by atoms with Crippen molar-refractivity contribution in [3.8, 4) is 5.75 Å². The topological polar surface area (TPSA) is 108 Å². The molecule has 150 valence electrons. The highest BCUT2D eigenvalue weighted by molar-refractivity contribution is 5.94. The van der Waals surface area contributed by atoms with Crippen LogP contribution in [0.1, 0.15) is 46.2 Å². The third kappa shape index (κ3) is 5.10. The van der Waals surface area contributed by atoms with Gasteiger partial charge in [-0.05, 0) is 50.4 Å². The number of rotatable bonds is 8. The van der Waals surface area contributed by atoms with E-state index >= 15 is 0 Å². The molecule has 2 aromatic rings. The van der Waals surface area contributed by atoms with Crippen LogP contribution in [0.4, 0.5) is 0 Å². The highest BCUT2D eigenvalue weighted by Crippen LogP contribution is 2.19. The largest absolute Gasteiger partial charge is 0.494 e. The van der Waals surface area contributed by atoms with Crippen LogP contribution in [0, 0.1) is 5.92 Å². The first-order valence-corrected chi connectivity index (χ1v) is 9.55. The number of H-pyrrole nitrogens is 1. The van der Waals surface area contributed by atoms with Crippen molar-refractivity contribution in [1.82, 2.24) is 20.4 Å². The van der Waals surface area contributed by atoms with Gasteiger partial charge in [0.05, 0.1) is 12.8 Å². The van der Waals surface area contributed by atoms with Crippen molar-refractivity contribution in [1.29, 1.82) is 0 Å². The number of benzene rings is 1. The molecule has 1 aromatic carbocycles. The number of nitrogens with one attached hydrogen (secondary N) is 2. The predicted octanol–water partition coefficient (Wildman–Crippen LogP) is 2.15. The number of aromatic amines is 1. The molecule has 1 fully saturated rings. The van der Waals surface area contributed by atoms with E-state index in [1.54, 1.807) is 18.3 Å². The van der Waals surface area contributed by atoms with E-state index < -0.39 is 5.97 Å². The van der Waals surface area contributed by atoms with E-state index in [2.05, 4.69) is 20.4 Å². The molecule has 1 atom stereocenters. The lowest BCUT2D eigenvalue weighted by molar-refractivity contribution is 0.0686. The Morgan fingerprint density at radius 1 is 1.43 bits per heavy atom. The molecule has 8 nitrogen and oxygen atoms in total. The lowest BCUT2D eigenvalue weighted by Gasteiger charge is -2.32. The van der Waals surface area contributed by atoms with Gasteiger partial charge < -0.3 is 15.2 Å². The molecular weight excluding hydrogens is 360 g/mol. The molecule has 8 heteroatoms. The fraction of sp³-hybridized carbons (Fsp3) is 0.450. The Bertz CT molecular complexity index is 820. The van der Waals surface area contributed by atoms with Crippen LogP contribution in [-0.2, 0) is 6.54 Å². The summed E-state index contributed by atoms with van der Waals surface area (Å²) in [5, 5.41) is 18.6. The standard InChI is InChI=1S/C20H26N4O4/c1-2-28-17-7-3-6-15(9-17)19(25)21-10-14-5-4-8-24(12-14)13-16-11-22-23-18(16)20(26)27/h3,6-7,9,11,14H,2,4-5,8,10,12-13H2,1H3,(H,21,25)(H,22,23)(H,26,27). The van der Waals surface area contributed by atoms with Gasteiger partial charge in [0.1, 0.15) is 11.4 Å². The van der Waals surface area contributed by atoms with Crippen molar-refractivity contribution < 1.29 is 19.4 Å². The van der Waals surface area contributed by atoms with Crippen molar-refractivity contribution in [2.45, 2.75) is 26.3 Å². The molecule has 1 aliphatic rings. The van der Waals surface area contributed by atoms with E-state index in [-0.39, 0.29) is 11.6 Å². The fourth-order valence-corrected chi connectivity index (χ4v) is 3.55. The monoisotopic (exact) mass is 386 g/mol. The highest BCUT2D eigenvalue weighted by atomic mass is 16.5. The zero-order chi connectivity index (χ0) is 19.9. The maximum Gasteiger partial charge on any atom is 0.354 e. The number of carboxylic acid groups (broad SMARTS) is 1. The van der Waals surface area contributed by atoms with Gasteiger partial charge in [0.25, 0.3) is 5.91 Å². The number of likely N-dealkylation sites (tertiary alicyclic amines) is 1. The van der Waals surface area contributed by atoms with Gasteiger partial charge in [-0.2, -0.15) is 5.10 Å². The second-order valence-corrected chi connectivity index (χ2v) is 6.99. The van der Waals surface area contributed by atoms with Gasteiger partial charge in [-0.25, -0.2) is 4.79 Å². The number of hydrogen-bond donors (Lipinski definition) is 3. The quantitative estimate of drug-likeness (QED) is 0.642. The molecule has 3 rings (SSSR count). The maximum absolute atomic E-state index is 12.4. The number of nitrogens with zero attached hydrogens (tertiary/aromatic N) is 2. The Balaban J connectivity index is 1.52. The van der Waals surface area contributed by atoms with Crippen molar-refractivity contribution in [2.75, 3.05) is 26.2 Å². The smallest absolute Gasteiger partial charge is 0.354 e. The van der Waals surface area contributed by atoms with Crippen molar-refractivity contribution in [2.24, 2.45) is 5.92 Å². The van der Waals surface area contributed by atoms with Gasteiger partial charge in [-0.15, -0.1) is 0 Å². The second-order valence-electron chi connectivity index (χ2n) is 6.99. The highest BCUT2D eigenvalue weighted by Gasteiger charge is 2.23. The van der Waals surface area contributed by atoms with E-state index in [0.717, 1.165) is 25.9 Å². The molecule has 0 radical (unpaired) electrons. The number of aromatic carboxylic acids is 1. The van der Waals surface area contributed by atoms with Crippen molar-refractivity contribution in [3.63, 3.8) is 0 Å². The molecule has 1 aromatic heterocycles. The van der Waals surface area contributed by atoms with Crippen LogP contribution in [0.25, 0.3) is 0 Å². The zero-order valence-electron chi connectivity index (χ0n) is 16.0. The summed E-state index contributed by atoms with van der Waals surface area (Å²) in [6.07, 6.45) is 3.62. The summed E-state index contributed by atoms with van der Waals surface area (Å²) in [5.74, 6) is -0.0921. The molecule has 0 bridgehead atoms. The average Bonchev–Trinajstić information content (AvgIpc) is 3.15. The van der Waals surface area contributed by atoms with Crippen LogP contribution in [-0.4, -0.2) is 58.3 Å². The molecule has 0 spiro atoms. The number of hydrogen-bond acceptors (Lipinski definition) is 5. The number of amides is 1. The maximum atomic E-state index is 12.4. The summed E-state index contributed by atoms with van der Waals surface area (Å²) in [6.45, 7) is 5.31. The van der Waals surface area contributed by atoms with Crippen LogP contribution >= 0.6 is 0 Å². The number of carbonyl (C=O) groups is 2. The summed E-state index contributed by atoms with van der Waals surface area (Å²) >= 11 is 0. The Labute approximate surface area is 163 Å². The third-order valence-corrected chi connectivity index (χ3v) is 4.89. The van der Waals surface area contributed by atoms with Gasteiger partial charge in [0, 0.05) is 30.8 Å². The zero-order valence-corrected chi connectivity index (χ0v) is 16.0. The predicted molar refractivity (Wildman–Crippen MR) is 103 cm³/mol. The minimum absolute atomic E-state index is 0.110. The number of piperidine rings is 1. The summed E-state index contributed by atoms with van der Waals surface area (Å²) in [7, 11) is 0. The molecule has 28 heavy (non-hydrogen) atoms. The molecule has 3 N–H and O–H groups in total. The second kappa shape index (κ2) is 9.36. The van der Waals surface area contributed by atoms with Crippen molar-refractivity contribution >= 4 is 11.9 Å². The lowest BCUT2D eigenvalue weighted by Crippen LogP contribution is -2.40. The normalized spacial score (nSPS) is 17.2. The molecule has 1 saturated heterocycles. The van der Waals surface area contributed by atoms with E-state index in [1.807, 2.05) is 19.1 Å². The van der Waals surface area contributed by atoms with Crippen LogP contribution < -0.4 is 10.1 Å². The van der Waals surface area contributed by atoms with Crippen LogP contribution in [0.3, 0.4) is 0 Å². The summed E-state index contributed by atoms with van der Waals surface area (Å²) < 4.78 is 5.45. The van der Waals surface area contributed by atoms with Crippen molar-refractivity contribution in [3.05, 3.63) is 47.3 Å². The first kappa shape index (κ1) is 19.9. The minimum atomic E-state index is -0.998. The summed E-state index contributed by atoms with van der Waals surface area (Å²) in [6, 6.07) is 7.17. The van der Waals surface area contributed by atoms with E-state index in [1.165, 1.54) is 0 Å². The van der Waals surface area contributed by atoms with Gasteiger partial charge in [-0.1, -0.05) is 6.07 Å². The Kier molecular flexibility index (Phi) is 6.65. The van der Waals surface area contributed by atoms with E-state index in [9.17, 15) is 14.7 Å². The first-order valence-electron chi connectivity index (χ1n) is 9.55. The summed E-state index contributed by atoms with van der Waals surface area (Å²) in [4.78, 5) is 25.9.